The number of likely N-dealkylation sites (N-methyl/N-ethyl adjacent to an activating group) is 1. The van der Waals surface area contributed by atoms with Gasteiger partial charge in [-0.05, 0) is 25.2 Å². The van der Waals surface area contributed by atoms with Crippen molar-refractivity contribution in [3.8, 4) is 0 Å². The molecule has 3 rings (SSSR count). The van der Waals surface area contributed by atoms with Crippen molar-refractivity contribution in [2.45, 2.75) is 4.34 Å². The van der Waals surface area contributed by atoms with Gasteiger partial charge in [-0.3, -0.25) is 9.11 Å². The van der Waals surface area contributed by atoms with Crippen molar-refractivity contribution < 1.29 is 4.21 Å². The van der Waals surface area contributed by atoms with E-state index in [1.807, 2.05) is 18.2 Å². The molecule has 1 saturated heterocycles. The molecule has 2 heterocycles. The summed E-state index contributed by atoms with van der Waals surface area (Å²) in [6.07, 6.45) is 0. The Kier molecular flexibility index (Phi) is 4.54. The first-order valence-electron chi connectivity index (χ1n) is 7.07. The molecule has 1 aliphatic rings. The van der Waals surface area contributed by atoms with Crippen LogP contribution in [0.15, 0.2) is 22.5 Å². The Morgan fingerprint density at radius 3 is 2.86 bits per heavy atom. The van der Waals surface area contributed by atoms with Crippen molar-refractivity contribution in [1.29, 1.82) is 0 Å². The van der Waals surface area contributed by atoms with Gasteiger partial charge in [0.2, 0.25) is 0 Å². The molecule has 0 spiro atoms. The van der Waals surface area contributed by atoms with E-state index in [0.717, 1.165) is 48.6 Å². The van der Waals surface area contributed by atoms with Gasteiger partial charge < -0.3 is 10.6 Å². The Hall–Kier alpha value is -1.02. The highest BCUT2D eigenvalue weighted by molar-refractivity contribution is 7.87. The largest absolute Gasteiger partial charge is 0.399 e. The predicted molar refractivity (Wildman–Crippen MR) is 89.2 cm³/mol. The number of hydrogen-bond donors (Lipinski definition) is 1. The van der Waals surface area contributed by atoms with Gasteiger partial charge in [0.1, 0.15) is 0 Å². The first-order valence-corrected chi connectivity index (χ1v) is 9.21. The van der Waals surface area contributed by atoms with Crippen LogP contribution in [0, 0.1) is 0 Å². The van der Waals surface area contributed by atoms with E-state index < -0.39 is 10.8 Å². The normalized spacial score (nSPS) is 19.1. The SMILES string of the molecule is CN1CCN(CCS(=O)c2nc3ccc(N)cc3s2)CC1. The molecule has 1 aromatic heterocycles. The number of aromatic nitrogens is 1. The fourth-order valence-corrected chi connectivity index (χ4v) is 4.82. The number of nitrogens with two attached hydrogens (primary N) is 1. The summed E-state index contributed by atoms with van der Waals surface area (Å²) in [4.78, 5) is 9.17. The number of nitrogens with zero attached hydrogens (tertiary/aromatic N) is 3. The maximum absolute atomic E-state index is 12.4. The average Bonchev–Trinajstić information content (AvgIpc) is 2.89. The molecule has 1 atom stereocenters. The first-order chi connectivity index (χ1) is 10.1. The van der Waals surface area contributed by atoms with Crippen molar-refractivity contribution in [3.63, 3.8) is 0 Å². The minimum Gasteiger partial charge on any atom is -0.399 e. The summed E-state index contributed by atoms with van der Waals surface area (Å²) in [5.41, 5.74) is 7.38. The molecule has 114 valence electrons. The van der Waals surface area contributed by atoms with Gasteiger partial charge in [0, 0.05) is 44.2 Å². The van der Waals surface area contributed by atoms with Crippen LogP contribution in [0.4, 0.5) is 5.69 Å². The lowest BCUT2D eigenvalue weighted by Gasteiger charge is -2.32. The number of fused-ring (bicyclic) bond motifs is 1. The van der Waals surface area contributed by atoms with Gasteiger partial charge in [0.05, 0.1) is 21.0 Å². The van der Waals surface area contributed by atoms with Crippen LogP contribution in [0.5, 0.6) is 0 Å². The van der Waals surface area contributed by atoms with Gasteiger partial charge in [0.25, 0.3) is 0 Å². The van der Waals surface area contributed by atoms with Crippen molar-refractivity contribution >= 4 is 38.0 Å². The second-order valence-electron chi connectivity index (χ2n) is 5.40. The van der Waals surface area contributed by atoms with E-state index in [2.05, 4.69) is 21.8 Å². The lowest BCUT2D eigenvalue weighted by Crippen LogP contribution is -2.45. The maximum atomic E-state index is 12.4. The average molecular weight is 324 g/mol. The monoisotopic (exact) mass is 324 g/mol. The number of nitrogen functional groups attached to an aromatic ring is 1. The third kappa shape index (κ3) is 3.60. The summed E-state index contributed by atoms with van der Waals surface area (Å²) in [5.74, 6) is 0.652. The van der Waals surface area contributed by atoms with Crippen LogP contribution in [0.25, 0.3) is 10.2 Å². The zero-order valence-electron chi connectivity index (χ0n) is 12.1. The van der Waals surface area contributed by atoms with E-state index >= 15 is 0 Å². The van der Waals surface area contributed by atoms with Crippen LogP contribution in [0.2, 0.25) is 0 Å². The van der Waals surface area contributed by atoms with Gasteiger partial charge in [-0.2, -0.15) is 0 Å². The zero-order valence-corrected chi connectivity index (χ0v) is 13.8. The van der Waals surface area contributed by atoms with Crippen LogP contribution in [-0.4, -0.2) is 64.5 Å². The van der Waals surface area contributed by atoms with Gasteiger partial charge in [-0.25, -0.2) is 4.98 Å². The summed E-state index contributed by atoms with van der Waals surface area (Å²) in [6, 6.07) is 5.62. The minimum atomic E-state index is -1.02. The number of rotatable bonds is 4. The Morgan fingerprint density at radius 1 is 1.33 bits per heavy atom. The Balaban J connectivity index is 1.61. The molecule has 0 bridgehead atoms. The molecule has 2 N–H and O–H groups in total. The molecule has 7 heteroatoms. The minimum absolute atomic E-state index is 0.652. The lowest BCUT2D eigenvalue weighted by atomic mass is 10.3. The smallest absolute Gasteiger partial charge is 0.181 e. The first kappa shape index (κ1) is 14.9. The lowest BCUT2D eigenvalue weighted by molar-refractivity contribution is 0.161. The van der Waals surface area contributed by atoms with Gasteiger partial charge >= 0.3 is 0 Å². The van der Waals surface area contributed by atoms with Gasteiger partial charge in [-0.15, -0.1) is 11.3 Å². The fraction of sp³-hybridized carbons (Fsp3) is 0.500. The predicted octanol–water partition coefficient (Wildman–Crippen LogP) is 1.23. The molecular weight excluding hydrogens is 304 g/mol. The third-order valence-corrected chi connectivity index (χ3v) is 6.43. The number of anilines is 1. The molecule has 1 unspecified atom stereocenters. The van der Waals surface area contributed by atoms with E-state index in [9.17, 15) is 4.21 Å². The number of thiazole rings is 1. The molecule has 0 radical (unpaired) electrons. The second kappa shape index (κ2) is 6.39. The molecule has 0 amide bonds. The Labute approximate surface area is 131 Å². The molecule has 2 aromatic rings. The summed E-state index contributed by atoms with van der Waals surface area (Å²) in [5, 5.41) is 0. The molecule has 1 aromatic carbocycles. The second-order valence-corrected chi connectivity index (χ2v) is 8.18. The van der Waals surface area contributed by atoms with Gasteiger partial charge in [-0.1, -0.05) is 0 Å². The van der Waals surface area contributed by atoms with Crippen molar-refractivity contribution in [2.24, 2.45) is 0 Å². The summed E-state index contributed by atoms with van der Waals surface area (Å²) in [7, 11) is 1.12. The molecule has 0 saturated carbocycles. The summed E-state index contributed by atoms with van der Waals surface area (Å²) in [6.45, 7) is 5.17. The number of piperazine rings is 1. The topological polar surface area (TPSA) is 62.5 Å². The number of hydrogen-bond acceptors (Lipinski definition) is 6. The molecule has 5 nitrogen and oxygen atoms in total. The summed E-state index contributed by atoms with van der Waals surface area (Å²) < 4.78 is 14.1. The Morgan fingerprint density at radius 2 is 2.10 bits per heavy atom. The standard InChI is InChI=1S/C14H20N4OS2/c1-17-4-6-18(7-5-17)8-9-21(19)14-16-12-3-2-11(15)10-13(12)20-14/h2-3,10H,4-9,15H2,1H3. The maximum Gasteiger partial charge on any atom is 0.181 e. The molecule has 0 aliphatic carbocycles. The van der Waals surface area contributed by atoms with Crippen LogP contribution in [0.1, 0.15) is 0 Å². The fourth-order valence-electron chi connectivity index (χ4n) is 2.39. The molecule has 1 fully saturated rings. The third-order valence-electron chi connectivity index (χ3n) is 3.78. The quantitative estimate of drug-likeness (QED) is 0.857. The van der Waals surface area contributed by atoms with E-state index in [1.165, 1.54) is 11.3 Å². The number of benzene rings is 1. The van der Waals surface area contributed by atoms with E-state index in [-0.39, 0.29) is 0 Å². The van der Waals surface area contributed by atoms with E-state index in [1.54, 1.807) is 0 Å². The van der Waals surface area contributed by atoms with Crippen LogP contribution in [0.3, 0.4) is 0 Å². The highest BCUT2D eigenvalue weighted by Gasteiger charge is 2.16. The molecular formula is C14H20N4OS2. The van der Waals surface area contributed by atoms with Crippen molar-refractivity contribution in [1.82, 2.24) is 14.8 Å². The molecule has 21 heavy (non-hydrogen) atoms. The Bertz CT molecular complexity index is 649. The van der Waals surface area contributed by atoms with Crippen LogP contribution < -0.4 is 5.73 Å². The summed E-state index contributed by atoms with van der Waals surface area (Å²) >= 11 is 1.49. The van der Waals surface area contributed by atoms with Crippen molar-refractivity contribution in [2.75, 3.05) is 51.3 Å². The highest BCUT2D eigenvalue weighted by atomic mass is 32.2. The van der Waals surface area contributed by atoms with Crippen LogP contribution >= 0.6 is 11.3 Å². The van der Waals surface area contributed by atoms with Crippen molar-refractivity contribution in [3.05, 3.63) is 18.2 Å². The van der Waals surface area contributed by atoms with E-state index in [0.29, 0.717) is 10.1 Å². The van der Waals surface area contributed by atoms with Crippen LogP contribution in [-0.2, 0) is 10.8 Å². The zero-order chi connectivity index (χ0) is 14.8. The van der Waals surface area contributed by atoms with Gasteiger partial charge in [0.15, 0.2) is 4.34 Å². The van der Waals surface area contributed by atoms with E-state index in [4.69, 9.17) is 5.73 Å². The molecule has 1 aliphatic heterocycles. The highest BCUT2D eigenvalue weighted by Crippen LogP contribution is 2.26.